The fraction of sp³-hybridized carbons (Fsp3) is 0.653. The Morgan fingerprint density at radius 3 is 1.91 bits per heavy atom. The van der Waals surface area contributed by atoms with Crippen molar-refractivity contribution in [2.24, 2.45) is 47.2 Å². The summed E-state index contributed by atoms with van der Waals surface area (Å²) in [5.41, 5.74) is 6.91. The number of benzene rings is 2. The molecule has 10 amide bonds. The molecule has 2 aromatic rings. The minimum Gasteiger partial charge on any atom is -0.480 e. The maximum absolute atomic E-state index is 14.9. The monoisotopic (exact) mass is 1390 g/mol. The number of hydrogen-bond donors (Lipinski definition) is 6. The molecule has 550 valence electrons. The van der Waals surface area contributed by atoms with Crippen LogP contribution in [0, 0.1) is 41.4 Å². The highest BCUT2D eigenvalue weighted by molar-refractivity contribution is 6.02. The van der Waals surface area contributed by atoms with Crippen molar-refractivity contribution in [3.8, 4) is 0 Å². The number of nitrogens with zero attached hydrogens (tertiary/aromatic N) is 4. The number of primary amides is 1. The molecule has 11 atom stereocenters. The van der Waals surface area contributed by atoms with Crippen LogP contribution in [0.15, 0.2) is 54.6 Å². The summed E-state index contributed by atoms with van der Waals surface area (Å²) in [5.74, 6) is -9.51. The van der Waals surface area contributed by atoms with Gasteiger partial charge in [-0.25, -0.2) is 19.2 Å². The first-order valence-corrected chi connectivity index (χ1v) is 34.8. The number of amides is 10. The van der Waals surface area contributed by atoms with Crippen LogP contribution in [0.3, 0.4) is 0 Å². The van der Waals surface area contributed by atoms with Crippen LogP contribution in [-0.2, 0) is 84.8 Å². The topological polar surface area (TPSA) is 366 Å². The van der Waals surface area contributed by atoms with Gasteiger partial charge in [-0.05, 0) is 85.5 Å². The predicted molar refractivity (Wildman–Crippen MR) is 367 cm³/mol. The Labute approximate surface area is 582 Å². The molecule has 2 aromatic carbocycles. The molecule has 0 radical (unpaired) electrons. The normalized spacial score (nSPS) is 16.9. The average molecular weight is 1390 g/mol. The lowest BCUT2D eigenvalue weighted by atomic mass is 9.83. The van der Waals surface area contributed by atoms with Crippen molar-refractivity contribution in [2.75, 3.05) is 46.7 Å². The summed E-state index contributed by atoms with van der Waals surface area (Å²) in [6.45, 7) is 16.7. The molecular weight excluding hydrogens is 1280 g/mol. The molecule has 2 heterocycles. The highest BCUT2D eigenvalue weighted by Crippen LogP contribution is 2.32. The Bertz CT molecular complexity index is 3040. The first-order valence-electron chi connectivity index (χ1n) is 34.8. The molecule has 0 unspecified atom stereocenters. The van der Waals surface area contributed by atoms with Gasteiger partial charge >= 0.3 is 24.1 Å². The number of nitrogens with two attached hydrogens (primary N) is 1. The van der Waals surface area contributed by atoms with Gasteiger partial charge in [0, 0.05) is 104 Å². The van der Waals surface area contributed by atoms with Crippen molar-refractivity contribution in [1.82, 2.24) is 35.7 Å². The molecular formula is C72H109N9O18. The van der Waals surface area contributed by atoms with E-state index in [2.05, 4.69) is 21.3 Å². The first kappa shape index (κ1) is 83.1. The number of Topliss-reactive ketones (excluding diaryl/α,β-unsaturated/α-hetero) is 2. The number of hydroxylamine groups is 2. The zero-order valence-corrected chi connectivity index (χ0v) is 60.2. The first-order chi connectivity index (χ1) is 46.8. The number of rotatable bonds is 43. The molecule has 27 heteroatoms. The Morgan fingerprint density at radius 1 is 0.707 bits per heavy atom. The van der Waals surface area contributed by atoms with E-state index in [1.807, 2.05) is 33.8 Å². The average Bonchev–Trinajstić information content (AvgIpc) is 1.78. The summed E-state index contributed by atoms with van der Waals surface area (Å²) in [6, 6.07) is 10.5. The number of ketones is 2. The van der Waals surface area contributed by atoms with Crippen LogP contribution in [0.2, 0.25) is 0 Å². The fourth-order valence-electron chi connectivity index (χ4n) is 13.0. The van der Waals surface area contributed by atoms with Gasteiger partial charge in [-0.1, -0.05) is 124 Å². The summed E-state index contributed by atoms with van der Waals surface area (Å²) in [4.78, 5) is 181. The zero-order valence-electron chi connectivity index (χ0n) is 60.2. The molecule has 99 heavy (non-hydrogen) atoms. The van der Waals surface area contributed by atoms with Crippen molar-refractivity contribution in [2.45, 2.75) is 220 Å². The maximum Gasteiger partial charge on any atom is 0.410 e. The Balaban J connectivity index is 1.36. The number of urea groups is 1. The number of ether oxygens (including phenoxy) is 3. The van der Waals surface area contributed by atoms with Gasteiger partial charge in [0.05, 0.1) is 48.7 Å². The second-order valence-corrected chi connectivity index (χ2v) is 27.3. The largest absolute Gasteiger partial charge is 0.480 e. The molecule has 27 nitrogen and oxygen atoms in total. The smallest absolute Gasteiger partial charge is 0.410 e. The maximum atomic E-state index is 14.9. The molecule has 0 aliphatic carbocycles. The Morgan fingerprint density at radius 2 is 1.34 bits per heavy atom. The third-order valence-corrected chi connectivity index (χ3v) is 18.9. The minimum atomic E-state index is -1.19. The standard InChI is InChI=1S/C72H109N9O18/c1-14-46(8)65(57(96-12)41-61(87)80-37-23-27-54(80)66(97-13)47(9)67(89)76-53(70(92)93)38-48-24-18-17-19-25-48)78(10)69(91)52(43(2)3)40-56(83)64(45(6)7)79(11)72(95)98-42-49-30-32-51(33-31-49)75-68(90)50(26-22-36-74-71(73)94)39-55(82)63(44(4)5)77-58(84)28-20-15-16-21-29-62(88)99-81-59(85)34-35-60(81)86/h17-19,24-25,30-33,43-47,50,52-54,57,63-66H,14-16,20-23,26-29,34-42H2,1-13H3,(H,75,90)(H,76,89)(H,77,84)(H,92,93)(H3,73,74,94)/t46-,47+,50+,52-,53-,54-,57+,63-,64-,65-,66+/m0/s1. The SMILES string of the molecule is CC[C@H](C)[C@@H]([C@@H](CC(=O)N1CCC[C@H]1[C@H](OC)[C@@H](C)C(=O)N[C@@H](Cc1ccccc1)C(=O)O)OC)N(C)C(=O)[C@@H](CC(=O)[C@H](C(C)C)N(C)C(=O)OCc1ccc(NC(=O)[C@H](CCCNC(N)=O)CC(=O)[C@@H](NC(=O)CCCCCCC(=O)ON2C(=O)CCC2=O)C(C)C)cc1)C(C)C. The zero-order chi connectivity index (χ0) is 73.8. The van der Waals surface area contributed by atoms with Crippen molar-refractivity contribution in [3.05, 3.63) is 65.7 Å². The number of nitrogens with one attached hydrogen (secondary N) is 4. The number of carbonyl (C=O) groups excluding carboxylic acids is 12. The predicted octanol–water partition coefficient (Wildman–Crippen LogP) is 7.29. The molecule has 2 aliphatic heterocycles. The van der Waals surface area contributed by atoms with E-state index >= 15 is 0 Å². The van der Waals surface area contributed by atoms with Gasteiger partial charge in [0.15, 0.2) is 11.6 Å². The van der Waals surface area contributed by atoms with E-state index in [4.69, 9.17) is 24.8 Å². The number of methoxy groups -OCH3 is 2. The van der Waals surface area contributed by atoms with Crippen LogP contribution in [0.5, 0.6) is 0 Å². The fourth-order valence-corrected chi connectivity index (χ4v) is 13.0. The number of carboxylic acid groups (broad SMARTS) is 1. The second kappa shape index (κ2) is 41.3. The number of anilines is 1. The van der Waals surface area contributed by atoms with E-state index < -0.39 is 114 Å². The van der Waals surface area contributed by atoms with E-state index in [-0.39, 0.29) is 118 Å². The molecule has 2 fully saturated rings. The lowest BCUT2D eigenvalue weighted by Crippen LogP contribution is -2.55. The van der Waals surface area contributed by atoms with E-state index in [1.54, 1.807) is 100.0 Å². The van der Waals surface area contributed by atoms with Crippen LogP contribution >= 0.6 is 0 Å². The van der Waals surface area contributed by atoms with Crippen molar-refractivity contribution >= 4 is 82.7 Å². The molecule has 0 spiro atoms. The van der Waals surface area contributed by atoms with Crippen LogP contribution in [0.4, 0.5) is 15.3 Å². The van der Waals surface area contributed by atoms with Gasteiger partial charge in [0.2, 0.25) is 29.5 Å². The highest BCUT2D eigenvalue weighted by Gasteiger charge is 2.44. The van der Waals surface area contributed by atoms with Gasteiger partial charge < -0.3 is 65.9 Å². The Kier molecular flexibility index (Phi) is 34.7. The summed E-state index contributed by atoms with van der Waals surface area (Å²) in [7, 11) is 6.06. The molecule has 2 saturated heterocycles. The number of unbranched alkanes of at least 4 members (excludes halogenated alkanes) is 3. The van der Waals surface area contributed by atoms with Crippen molar-refractivity contribution < 1.29 is 86.5 Å². The van der Waals surface area contributed by atoms with Crippen molar-refractivity contribution in [1.29, 1.82) is 0 Å². The van der Waals surface area contributed by atoms with Gasteiger partial charge in [-0.2, -0.15) is 0 Å². The number of imide groups is 1. The van der Waals surface area contributed by atoms with Crippen molar-refractivity contribution in [3.63, 3.8) is 0 Å². The van der Waals surface area contributed by atoms with E-state index in [9.17, 15) is 67.4 Å². The molecule has 4 rings (SSSR count). The second-order valence-electron chi connectivity index (χ2n) is 27.3. The number of likely N-dealkylation sites (N-methyl/N-ethyl adjacent to an activating group) is 2. The van der Waals surface area contributed by atoms with Gasteiger partial charge in [0.1, 0.15) is 12.6 Å². The van der Waals surface area contributed by atoms with E-state index in [0.717, 1.165) is 5.56 Å². The Hall–Kier alpha value is -8.33. The quantitative estimate of drug-likeness (QED) is 0.0280. The van der Waals surface area contributed by atoms with Crippen LogP contribution in [-0.4, -0.2) is 186 Å². The number of carbonyl (C=O) groups is 13. The summed E-state index contributed by atoms with van der Waals surface area (Å²) >= 11 is 0. The number of hydrogen-bond acceptors (Lipinski definition) is 17. The van der Waals surface area contributed by atoms with Gasteiger partial charge in [-0.15, -0.1) is 5.06 Å². The lowest BCUT2D eigenvalue weighted by Gasteiger charge is -2.41. The van der Waals surface area contributed by atoms with Crippen LogP contribution in [0.25, 0.3) is 0 Å². The molecule has 2 aliphatic rings. The number of aliphatic carboxylic acids is 1. The molecule has 0 aromatic heterocycles. The number of carboxylic acids is 1. The molecule has 0 bridgehead atoms. The lowest BCUT2D eigenvalue weighted by molar-refractivity contribution is -0.197. The summed E-state index contributed by atoms with van der Waals surface area (Å²) in [6.07, 6.45) is 1.51. The third-order valence-electron chi connectivity index (χ3n) is 18.9. The van der Waals surface area contributed by atoms with Gasteiger partial charge in [0.25, 0.3) is 11.8 Å². The highest BCUT2D eigenvalue weighted by atomic mass is 16.7. The van der Waals surface area contributed by atoms with E-state index in [0.29, 0.717) is 74.2 Å². The van der Waals surface area contributed by atoms with Gasteiger partial charge in [-0.3, -0.25) is 43.2 Å². The summed E-state index contributed by atoms with van der Waals surface area (Å²) < 4.78 is 17.7. The van der Waals surface area contributed by atoms with Crippen LogP contribution in [0.1, 0.15) is 176 Å². The number of likely N-dealkylation sites (tertiary alicyclic amines) is 1. The summed E-state index contributed by atoms with van der Waals surface area (Å²) in [5, 5.41) is 21.4. The van der Waals surface area contributed by atoms with Crippen LogP contribution < -0.4 is 27.0 Å². The molecule has 0 saturated carbocycles. The minimum absolute atomic E-state index is 0.00343. The van der Waals surface area contributed by atoms with E-state index in [1.165, 1.54) is 26.2 Å². The third kappa shape index (κ3) is 25.7. The molecule has 7 N–H and O–H groups in total.